The normalized spacial score (nSPS) is 28.1. The van der Waals surface area contributed by atoms with Crippen LogP contribution in [-0.2, 0) is 11.2 Å². The highest BCUT2D eigenvalue weighted by atomic mass is 16.3. The molecule has 114 valence electrons. The van der Waals surface area contributed by atoms with Crippen molar-refractivity contribution < 1.29 is 9.90 Å². The van der Waals surface area contributed by atoms with Crippen LogP contribution in [0.5, 0.6) is 0 Å². The maximum Gasteiger partial charge on any atom is 0.228 e. The molecule has 0 atom stereocenters. The molecule has 0 spiro atoms. The summed E-state index contributed by atoms with van der Waals surface area (Å²) in [6.07, 6.45) is 4.48. The lowest BCUT2D eigenvalue weighted by Gasteiger charge is -2.40. The average molecular weight is 289 g/mol. The molecule has 1 saturated carbocycles. The maximum atomic E-state index is 11.5. The number of nitrogens with two attached hydrogens (primary N) is 1. The van der Waals surface area contributed by atoms with Crippen molar-refractivity contribution in [3.63, 3.8) is 0 Å². The number of carbonyl (C=O) groups is 1. The van der Waals surface area contributed by atoms with Crippen LogP contribution in [0, 0.1) is 5.92 Å². The molecule has 1 aliphatic carbocycles. The number of hydrogen-bond donors (Lipinski definition) is 4. The Bertz CT molecular complexity index is 563. The van der Waals surface area contributed by atoms with Crippen LogP contribution in [0.25, 0.3) is 0 Å². The Morgan fingerprint density at radius 3 is 2.81 bits per heavy atom. The molecule has 1 heterocycles. The summed E-state index contributed by atoms with van der Waals surface area (Å²) in [6, 6.07) is 3.75. The quantitative estimate of drug-likeness (QED) is 0.642. The summed E-state index contributed by atoms with van der Waals surface area (Å²) >= 11 is 0. The first kappa shape index (κ1) is 14.2. The molecule has 5 heteroatoms. The first-order valence-electron chi connectivity index (χ1n) is 7.63. The number of nitrogens with one attached hydrogen (secondary N) is 2. The Morgan fingerprint density at radius 2 is 2.14 bits per heavy atom. The van der Waals surface area contributed by atoms with E-state index in [0.717, 1.165) is 42.6 Å². The van der Waals surface area contributed by atoms with Crippen molar-refractivity contribution in [1.29, 1.82) is 0 Å². The van der Waals surface area contributed by atoms with Gasteiger partial charge in [0, 0.05) is 5.69 Å². The Kier molecular flexibility index (Phi) is 3.53. The molecule has 0 unspecified atom stereocenters. The highest BCUT2D eigenvalue weighted by Crippen LogP contribution is 2.38. The third-order valence-electron chi connectivity index (χ3n) is 4.83. The average Bonchev–Trinajstić information content (AvgIpc) is 2.81. The molecule has 1 aromatic carbocycles. The molecule has 5 N–H and O–H groups in total. The molecule has 3 rings (SSSR count). The first-order valence-corrected chi connectivity index (χ1v) is 7.63. The third-order valence-corrected chi connectivity index (χ3v) is 4.83. The molecular formula is C16H23N3O2. The fourth-order valence-corrected chi connectivity index (χ4v) is 3.32. The van der Waals surface area contributed by atoms with Gasteiger partial charge >= 0.3 is 0 Å². The Morgan fingerprint density at radius 1 is 1.43 bits per heavy atom. The van der Waals surface area contributed by atoms with Crippen molar-refractivity contribution >= 4 is 23.0 Å². The van der Waals surface area contributed by atoms with Crippen LogP contribution >= 0.6 is 0 Å². The summed E-state index contributed by atoms with van der Waals surface area (Å²) in [4.78, 5) is 11.5. The van der Waals surface area contributed by atoms with Gasteiger partial charge in [0.15, 0.2) is 0 Å². The molecule has 0 aromatic heterocycles. The van der Waals surface area contributed by atoms with Gasteiger partial charge < -0.3 is 21.5 Å². The minimum absolute atomic E-state index is 0.00455. The van der Waals surface area contributed by atoms with Gasteiger partial charge in [-0.1, -0.05) is 6.92 Å². The molecule has 0 saturated heterocycles. The van der Waals surface area contributed by atoms with Crippen LogP contribution in [0.1, 0.15) is 38.2 Å². The molecule has 0 radical (unpaired) electrons. The first-order chi connectivity index (χ1) is 10.0. The molecular weight excluding hydrogens is 266 g/mol. The van der Waals surface area contributed by atoms with E-state index < -0.39 is 0 Å². The van der Waals surface area contributed by atoms with E-state index in [2.05, 4.69) is 17.6 Å². The van der Waals surface area contributed by atoms with Crippen molar-refractivity contribution in [3.8, 4) is 0 Å². The zero-order chi connectivity index (χ0) is 15.0. The number of anilines is 3. The molecule has 1 fully saturated rings. The number of aliphatic hydroxyl groups excluding tert-OH is 1. The highest BCUT2D eigenvalue weighted by Gasteiger charge is 2.34. The lowest BCUT2D eigenvalue weighted by atomic mass is 9.77. The predicted molar refractivity (Wildman–Crippen MR) is 84.3 cm³/mol. The Balaban J connectivity index is 1.84. The lowest BCUT2D eigenvalue weighted by Crippen LogP contribution is -2.45. The fraction of sp³-hybridized carbons (Fsp3) is 0.562. The molecule has 1 aliphatic heterocycles. The van der Waals surface area contributed by atoms with E-state index in [1.165, 1.54) is 0 Å². The number of nitrogen functional groups attached to an aromatic ring is 1. The maximum absolute atomic E-state index is 11.5. The van der Waals surface area contributed by atoms with E-state index in [1.807, 2.05) is 12.1 Å². The number of amides is 1. The van der Waals surface area contributed by atoms with E-state index >= 15 is 0 Å². The lowest BCUT2D eigenvalue weighted by molar-refractivity contribution is -0.115. The number of carbonyl (C=O) groups excluding carboxylic acids is 1. The van der Waals surface area contributed by atoms with Crippen LogP contribution in [0.4, 0.5) is 17.1 Å². The summed E-state index contributed by atoms with van der Waals surface area (Å²) in [5.74, 6) is 0.716. The monoisotopic (exact) mass is 289 g/mol. The standard InChI is InChI=1S/C16H23N3O2/c1-10-2-4-16(9-20,5-3-10)19-14-8-13-11(6-12(14)17)7-15(21)18-13/h6,8,10,19-20H,2-5,7,9,17H2,1H3,(H,18,21). The summed E-state index contributed by atoms with van der Waals surface area (Å²) in [5, 5.41) is 16.1. The summed E-state index contributed by atoms with van der Waals surface area (Å²) in [7, 11) is 0. The fourth-order valence-electron chi connectivity index (χ4n) is 3.32. The van der Waals surface area contributed by atoms with Gasteiger partial charge in [-0.05, 0) is 49.3 Å². The van der Waals surface area contributed by atoms with Gasteiger partial charge in [-0.25, -0.2) is 0 Å². The second-order valence-corrected chi connectivity index (χ2v) is 6.57. The van der Waals surface area contributed by atoms with Gasteiger partial charge in [-0.2, -0.15) is 0 Å². The van der Waals surface area contributed by atoms with Crippen molar-refractivity contribution in [2.45, 2.75) is 44.6 Å². The molecule has 1 aromatic rings. The van der Waals surface area contributed by atoms with Gasteiger partial charge in [0.2, 0.25) is 5.91 Å². The second-order valence-electron chi connectivity index (χ2n) is 6.57. The van der Waals surface area contributed by atoms with Crippen molar-refractivity contribution in [2.75, 3.05) is 23.0 Å². The Hall–Kier alpha value is -1.75. The molecule has 5 nitrogen and oxygen atoms in total. The van der Waals surface area contributed by atoms with Crippen LogP contribution in [0.2, 0.25) is 0 Å². The number of benzene rings is 1. The molecule has 1 amide bonds. The summed E-state index contributed by atoms with van der Waals surface area (Å²) in [5.41, 5.74) is 9.03. The van der Waals surface area contributed by atoms with Gasteiger partial charge in [0.1, 0.15) is 0 Å². The van der Waals surface area contributed by atoms with Crippen molar-refractivity contribution in [3.05, 3.63) is 17.7 Å². The van der Waals surface area contributed by atoms with E-state index in [0.29, 0.717) is 18.0 Å². The van der Waals surface area contributed by atoms with Crippen LogP contribution < -0.4 is 16.4 Å². The highest BCUT2D eigenvalue weighted by molar-refractivity contribution is 6.00. The minimum Gasteiger partial charge on any atom is -0.397 e. The van der Waals surface area contributed by atoms with Gasteiger partial charge in [0.05, 0.1) is 29.9 Å². The van der Waals surface area contributed by atoms with E-state index in [9.17, 15) is 9.90 Å². The van der Waals surface area contributed by atoms with Crippen LogP contribution in [-0.4, -0.2) is 23.2 Å². The van der Waals surface area contributed by atoms with Crippen LogP contribution in [0.3, 0.4) is 0 Å². The topological polar surface area (TPSA) is 87.4 Å². The number of hydrogen-bond acceptors (Lipinski definition) is 4. The largest absolute Gasteiger partial charge is 0.397 e. The van der Waals surface area contributed by atoms with Gasteiger partial charge in [0.25, 0.3) is 0 Å². The van der Waals surface area contributed by atoms with E-state index in [4.69, 9.17) is 5.73 Å². The zero-order valence-corrected chi connectivity index (χ0v) is 12.4. The zero-order valence-electron chi connectivity index (χ0n) is 12.4. The number of rotatable bonds is 3. The van der Waals surface area contributed by atoms with Crippen molar-refractivity contribution in [2.24, 2.45) is 5.92 Å². The van der Waals surface area contributed by atoms with E-state index in [-0.39, 0.29) is 18.1 Å². The molecule has 21 heavy (non-hydrogen) atoms. The number of fused-ring (bicyclic) bond motifs is 1. The summed E-state index contributed by atoms with van der Waals surface area (Å²) < 4.78 is 0. The smallest absolute Gasteiger partial charge is 0.228 e. The van der Waals surface area contributed by atoms with Crippen LogP contribution in [0.15, 0.2) is 12.1 Å². The predicted octanol–water partition coefficient (Wildman–Crippen LogP) is 2.12. The third kappa shape index (κ3) is 2.70. The number of aliphatic hydroxyl groups is 1. The molecule has 2 aliphatic rings. The van der Waals surface area contributed by atoms with Crippen molar-refractivity contribution in [1.82, 2.24) is 0 Å². The minimum atomic E-state index is -0.294. The summed E-state index contributed by atoms with van der Waals surface area (Å²) in [6.45, 7) is 2.35. The SMILES string of the molecule is CC1CCC(CO)(Nc2cc3c(cc2N)CC(=O)N3)CC1. The second kappa shape index (κ2) is 5.22. The van der Waals surface area contributed by atoms with Gasteiger partial charge in [-0.15, -0.1) is 0 Å². The van der Waals surface area contributed by atoms with E-state index in [1.54, 1.807) is 0 Å². The molecule has 0 bridgehead atoms. The Labute approximate surface area is 124 Å². The van der Waals surface area contributed by atoms with Gasteiger partial charge in [-0.3, -0.25) is 4.79 Å².